The number of ether oxygens (including phenoxy) is 1. The molecule has 0 spiro atoms. The highest BCUT2D eigenvalue weighted by Crippen LogP contribution is 2.29. The van der Waals surface area contributed by atoms with Crippen LogP contribution < -0.4 is 16.0 Å². The summed E-state index contributed by atoms with van der Waals surface area (Å²) < 4.78 is 23.2. The molecule has 5 rings (SSSR count). The zero-order valence-corrected chi connectivity index (χ0v) is 26.9. The fourth-order valence-electron chi connectivity index (χ4n) is 5.62. The molecule has 1 atom stereocenters. The highest BCUT2D eigenvalue weighted by atomic mass is 19.1. The Morgan fingerprint density at radius 3 is 2.58 bits per heavy atom. The van der Waals surface area contributed by atoms with Gasteiger partial charge in [0.1, 0.15) is 17.5 Å². The van der Waals surface area contributed by atoms with Crippen molar-refractivity contribution in [2.45, 2.75) is 72.6 Å². The van der Waals surface area contributed by atoms with E-state index in [0.29, 0.717) is 49.3 Å². The molecule has 244 valence electrons. The number of halogens is 1. The highest BCUT2D eigenvalue weighted by Gasteiger charge is 2.21. The summed E-state index contributed by atoms with van der Waals surface area (Å²) in [5.41, 5.74) is 3.44. The molecule has 45 heavy (non-hydrogen) atoms. The number of hydrogen-bond acceptors (Lipinski definition) is 11. The van der Waals surface area contributed by atoms with Crippen LogP contribution in [0, 0.1) is 27.7 Å². The quantitative estimate of drug-likeness (QED) is 0.177. The van der Waals surface area contributed by atoms with Gasteiger partial charge in [0.05, 0.1) is 30.2 Å². The lowest BCUT2D eigenvalue weighted by atomic mass is 10.1. The summed E-state index contributed by atoms with van der Waals surface area (Å²) in [6, 6.07) is 0. The molecule has 13 nitrogen and oxygen atoms in total. The Morgan fingerprint density at radius 1 is 0.956 bits per heavy atom. The summed E-state index contributed by atoms with van der Waals surface area (Å²) in [6.07, 6.45) is 6.12. The van der Waals surface area contributed by atoms with Crippen molar-refractivity contribution in [3.05, 3.63) is 40.7 Å². The highest BCUT2D eigenvalue weighted by molar-refractivity contribution is 5.76. The molecule has 3 aromatic rings. The second kappa shape index (κ2) is 15.4. The maximum absolute atomic E-state index is 15.9. The van der Waals surface area contributed by atoms with Gasteiger partial charge in [0, 0.05) is 75.9 Å². The minimum atomic E-state index is -1.62. The van der Waals surface area contributed by atoms with Gasteiger partial charge < -0.3 is 25.6 Å². The van der Waals surface area contributed by atoms with Crippen LogP contribution in [-0.4, -0.2) is 97.9 Å². The summed E-state index contributed by atoms with van der Waals surface area (Å²) in [5, 5.41) is 14.1. The molecule has 0 saturated carbocycles. The van der Waals surface area contributed by atoms with Crippen LogP contribution in [0.1, 0.15) is 66.7 Å². The van der Waals surface area contributed by atoms with Crippen molar-refractivity contribution in [1.29, 1.82) is 0 Å². The van der Waals surface area contributed by atoms with E-state index >= 15 is 4.39 Å². The first-order chi connectivity index (χ1) is 21.8. The number of anilines is 4. The number of amides is 1. The summed E-state index contributed by atoms with van der Waals surface area (Å²) in [5.74, 6) is 1.90. The van der Waals surface area contributed by atoms with Crippen LogP contribution in [0.4, 0.5) is 27.7 Å². The SMILES string of the molecule is Cc1nc(C)c(C)c(NC(F)c2cnc(Nc3cn(CCCN4CCOCC4)nc3C)nc2NCCCN2CCCCC2=O)n1. The third-order valence-corrected chi connectivity index (χ3v) is 8.33. The van der Waals surface area contributed by atoms with E-state index in [-0.39, 0.29) is 11.5 Å². The number of rotatable bonds is 14. The third kappa shape index (κ3) is 8.85. The fourth-order valence-corrected chi connectivity index (χ4v) is 5.62. The second-order valence-electron chi connectivity index (χ2n) is 11.8. The first-order valence-corrected chi connectivity index (χ1v) is 16.0. The predicted molar refractivity (Wildman–Crippen MR) is 171 cm³/mol. The number of aromatic nitrogens is 6. The Hall–Kier alpha value is -3.91. The second-order valence-corrected chi connectivity index (χ2v) is 11.8. The average Bonchev–Trinajstić information content (AvgIpc) is 3.37. The molecular weight excluding hydrogens is 577 g/mol. The number of carbonyl (C=O) groups excluding carboxylic acids is 1. The van der Waals surface area contributed by atoms with Gasteiger partial charge >= 0.3 is 0 Å². The lowest BCUT2D eigenvalue weighted by molar-refractivity contribution is -0.133. The van der Waals surface area contributed by atoms with Crippen LogP contribution in [-0.2, 0) is 16.1 Å². The van der Waals surface area contributed by atoms with Crippen LogP contribution in [0.25, 0.3) is 0 Å². The molecule has 3 aromatic heterocycles. The van der Waals surface area contributed by atoms with Crippen LogP contribution in [0.3, 0.4) is 0 Å². The molecule has 2 aliphatic heterocycles. The van der Waals surface area contributed by atoms with Crippen LogP contribution in [0.2, 0.25) is 0 Å². The Morgan fingerprint density at radius 2 is 1.78 bits per heavy atom. The van der Waals surface area contributed by atoms with Gasteiger partial charge in [-0.2, -0.15) is 10.1 Å². The minimum Gasteiger partial charge on any atom is -0.379 e. The number of nitrogens with zero attached hydrogens (tertiary/aromatic N) is 8. The monoisotopic (exact) mass is 623 g/mol. The first kappa shape index (κ1) is 32.5. The van der Waals surface area contributed by atoms with Crippen LogP contribution in [0.5, 0.6) is 0 Å². The van der Waals surface area contributed by atoms with E-state index in [4.69, 9.17) is 4.74 Å². The van der Waals surface area contributed by atoms with Gasteiger partial charge in [-0.15, -0.1) is 0 Å². The Balaban J connectivity index is 1.27. The van der Waals surface area contributed by atoms with Gasteiger partial charge in [0.15, 0.2) is 0 Å². The van der Waals surface area contributed by atoms with Gasteiger partial charge in [-0.05, 0) is 53.4 Å². The van der Waals surface area contributed by atoms with E-state index in [9.17, 15) is 4.79 Å². The zero-order valence-electron chi connectivity index (χ0n) is 26.9. The van der Waals surface area contributed by atoms with E-state index in [1.54, 1.807) is 6.92 Å². The number of alkyl halides is 1. The maximum Gasteiger partial charge on any atom is 0.229 e. The van der Waals surface area contributed by atoms with Gasteiger partial charge in [-0.1, -0.05) is 0 Å². The van der Waals surface area contributed by atoms with Crippen molar-refractivity contribution in [3.8, 4) is 0 Å². The Labute approximate surface area is 264 Å². The number of hydrogen-bond donors (Lipinski definition) is 3. The number of morpholine rings is 1. The largest absolute Gasteiger partial charge is 0.379 e. The van der Waals surface area contributed by atoms with E-state index in [1.165, 1.54) is 6.20 Å². The lowest BCUT2D eigenvalue weighted by Gasteiger charge is -2.26. The summed E-state index contributed by atoms with van der Waals surface area (Å²) in [7, 11) is 0. The molecule has 3 N–H and O–H groups in total. The van der Waals surface area contributed by atoms with Crippen molar-refractivity contribution in [2.75, 3.05) is 68.4 Å². The molecule has 0 bridgehead atoms. The molecule has 2 aliphatic rings. The fraction of sp³-hybridized carbons (Fsp3) is 0.613. The zero-order chi connectivity index (χ0) is 31.8. The molecule has 0 aromatic carbocycles. The number of carbonyl (C=O) groups is 1. The van der Waals surface area contributed by atoms with Crippen LogP contribution in [0.15, 0.2) is 12.4 Å². The summed E-state index contributed by atoms with van der Waals surface area (Å²) >= 11 is 0. The van der Waals surface area contributed by atoms with Crippen molar-refractivity contribution < 1.29 is 13.9 Å². The van der Waals surface area contributed by atoms with E-state index < -0.39 is 6.30 Å². The number of piperidine rings is 1. The predicted octanol–water partition coefficient (Wildman–Crippen LogP) is 4.06. The van der Waals surface area contributed by atoms with Crippen molar-refractivity contribution >= 4 is 29.2 Å². The van der Waals surface area contributed by atoms with Gasteiger partial charge in [0.25, 0.3) is 0 Å². The van der Waals surface area contributed by atoms with Crippen molar-refractivity contribution in [1.82, 2.24) is 39.5 Å². The summed E-state index contributed by atoms with van der Waals surface area (Å²) in [6.45, 7) is 14.7. The lowest BCUT2D eigenvalue weighted by Crippen LogP contribution is -2.37. The molecule has 2 saturated heterocycles. The molecular formula is C31H46FN11O2. The molecule has 0 radical (unpaired) electrons. The van der Waals surface area contributed by atoms with E-state index in [1.807, 2.05) is 36.5 Å². The first-order valence-electron chi connectivity index (χ1n) is 16.0. The molecule has 14 heteroatoms. The minimum absolute atomic E-state index is 0.200. The smallest absolute Gasteiger partial charge is 0.229 e. The number of likely N-dealkylation sites (tertiary alicyclic amines) is 1. The topological polar surface area (TPSA) is 138 Å². The number of nitrogens with one attached hydrogen (secondary N) is 3. The average molecular weight is 624 g/mol. The number of aryl methyl sites for hydroxylation is 4. The van der Waals surface area contributed by atoms with E-state index in [0.717, 1.165) is 87.8 Å². The molecule has 0 aliphatic carbocycles. The molecule has 1 unspecified atom stereocenters. The van der Waals surface area contributed by atoms with Crippen molar-refractivity contribution in [2.24, 2.45) is 0 Å². The standard InChI is InChI=1S/C31H46FN11O2/c1-21-22(2)35-24(4)36-29(21)38-28(32)25-19-34-31(39-30(25)33-10-7-13-42-12-6-5-9-27(42)44)37-26-20-43(40-23(26)3)14-8-11-41-15-17-45-18-16-41/h19-20,28H,5-18H2,1-4H3,(H,35,36,38)(H2,33,34,37,39). The Bertz CT molecular complexity index is 1440. The third-order valence-electron chi connectivity index (χ3n) is 8.33. The Kier molecular flexibility index (Phi) is 11.1. The van der Waals surface area contributed by atoms with Gasteiger partial charge in [-0.3, -0.25) is 14.4 Å². The van der Waals surface area contributed by atoms with Gasteiger partial charge in [0.2, 0.25) is 18.2 Å². The molecule has 1 amide bonds. The summed E-state index contributed by atoms with van der Waals surface area (Å²) in [4.78, 5) is 34.4. The molecule has 2 fully saturated rings. The maximum atomic E-state index is 15.9. The normalized spacial score (nSPS) is 16.6. The molecule has 5 heterocycles. The van der Waals surface area contributed by atoms with Crippen molar-refractivity contribution in [3.63, 3.8) is 0 Å². The van der Waals surface area contributed by atoms with Crippen LogP contribution >= 0.6 is 0 Å². The van der Waals surface area contributed by atoms with Gasteiger partial charge in [-0.25, -0.2) is 19.3 Å². The van der Waals surface area contributed by atoms with E-state index in [2.05, 4.69) is 45.9 Å².